The molecule has 0 fully saturated rings. The molecule has 0 unspecified atom stereocenters. The quantitative estimate of drug-likeness (QED) is 0.844. The summed E-state index contributed by atoms with van der Waals surface area (Å²) in [6.45, 7) is 0.551. The van der Waals surface area contributed by atoms with E-state index in [0.29, 0.717) is 17.4 Å². The van der Waals surface area contributed by atoms with E-state index < -0.39 is 0 Å². The zero-order valence-corrected chi connectivity index (χ0v) is 9.87. The molecule has 0 saturated carbocycles. The second-order valence-electron chi connectivity index (χ2n) is 3.22. The average Bonchev–Trinajstić information content (AvgIpc) is 2.70. The predicted molar refractivity (Wildman–Crippen MR) is 66.5 cm³/mol. The molecule has 0 atom stereocenters. The maximum Gasteiger partial charge on any atom is 0.208 e. The summed E-state index contributed by atoms with van der Waals surface area (Å²) in [5.74, 6) is 0.377. The second-order valence-corrected chi connectivity index (χ2v) is 4.07. The van der Waals surface area contributed by atoms with Crippen LogP contribution in [0, 0.1) is 0 Å². The molecule has 16 heavy (non-hydrogen) atoms. The Morgan fingerprint density at radius 1 is 1.44 bits per heavy atom. The Hall–Kier alpha value is -1.46. The predicted octanol–water partition coefficient (Wildman–Crippen LogP) is 1.61. The fraction of sp³-hybridized carbons (Fsp3) is 0.100. The number of rotatable bonds is 3. The normalized spacial score (nSPS) is 10.3. The number of hydrogen-bond acceptors (Lipinski definition) is 3. The molecule has 4 nitrogen and oxygen atoms in total. The standard InChI is InChI=1S/C10H9ClN4S/c11-8-4-2-1-3-7(8)5-15-6-13-10(14-15)9(12)16/h1-4,6H,5H2,(H2,12,16). The highest BCUT2D eigenvalue weighted by molar-refractivity contribution is 7.80. The van der Waals surface area contributed by atoms with Gasteiger partial charge < -0.3 is 5.73 Å². The highest BCUT2D eigenvalue weighted by Crippen LogP contribution is 2.15. The van der Waals surface area contributed by atoms with Gasteiger partial charge in [0, 0.05) is 5.02 Å². The molecule has 2 N–H and O–H groups in total. The number of benzene rings is 1. The van der Waals surface area contributed by atoms with Crippen molar-refractivity contribution in [1.29, 1.82) is 0 Å². The van der Waals surface area contributed by atoms with Gasteiger partial charge in [0.25, 0.3) is 0 Å². The van der Waals surface area contributed by atoms with E-state index in [1.54, 1.807) is 11.0 Å². The smallest absolute Gasteiger partial charge is 0.208 e. The lowest BCUT2D eigenvalue weighted by molar-refractivity contribution is 0.683. The molecule has 0 spiro atoms. The molecular weight excluding hydrogens is 244 g/mol. The molecule has 0 saturated heterocycles. The van der Waals surface area contributed by atoms with Crippen molar-refractivity contribution in [2.75, 3.05) is 0 Å². The van der Waals surface area contributed by atoms with Crippen molar-refractivity contribution in [2.45, 2.75) is 6.54 Å². The zero-order valence-electron chi connectivity index (χ0n) is 8.30. The Labute approximate surface area is 103 Å². The van der Waals surface area contributed by atoms with Crippen molar-refractivity contribution >= 4 is 28.8 Å². The first-order valence-corrected chi connectivity index (χ1v) is 5.38. The number of aromatic nitrogens is 3. The van der Waals surface area contributed by atoms with Gasteiger partial charge in [-0.3, -0.25) is 0 Å². The molecule has 2 aromatic rings. The molecule has 0 aliphatic carbocycles. The fourth-order valence-electron chi connectivity index (χ4n) is 1.28. The van der Waals surface area contributed by atoms with Crippen LogP contribution in [-0.4, -0.2) is 19.8 Å². The molecule has 6 heteroatoms. The molecule has 2 rings (SSSR count). The Morgan fingerprint density at radius 3 is 2.81 bits per heavy atom. The molecule has 0 aliphatic rings. The Kier molecular flexibility index (Phi) is 3.17. The minimum absolute atomic E-state index is 0.193. The summed E-state index contributed by atoms with van der Waals surface area (Å²) in [4.78, 5) is 4.18. The number of thiocarbonyl (C=S) groups is 1. The van der Waals surface area contributed by atoms with Gasteiger partial charge in [-0.05, 0) is 11.6 Å². The van der Waals surface area contributed by atoms with Crippen LogP contribution >= 0.6 is 23.8 Å². The summed E-state index contributed by atoms with van der Waals surface area (Å²) < 4.78 is 1.65. The Bertz CT molecular complexity index is 523. The van der Waals surface area contributed by atoms with Gasteiger partial charge in [-0.2, -0.15) is 0 Å². The van der Waals surface area contributed by atoms with Crippen LogP contribution in [0.25, 0.3) is 0 Å². The topological polar surface area (TPSA) is 56.7 Å². The van der Waals surface area contributed by atoms with Crippen LogP contribution < -0.4 is 5.73 Å². The van der Waals surface area contributed by atoms with Crippen LogP contribution in [0.2, 0.25) is 5.02 Å². The maximum absolute atomic E-state index is 6.03. The number of nitrogens with zero attached hydrogens (tertiary/aromatic N) is 3. The zero-order chi connectivity index (χ0) is 11.5. The van der Waals surface area contributed by atoms with Crippen molar-refractivity contribution in [3.63, 3.8) is 0 Å². The largest absolute Gasteiger partial charge is 0.387 e. The number of hydrogen-bond donors (Lipinski definition) is 1. The van der Waals surface area contributed by atoms with Gasteiger partial charge in [0.15, 0.2) is 0 Å². The van der Waals surface area contributed by atoms with E-state index in [-0.39, 0.29) is 4.99 Å². The lowest BCUT2D eigenvalue weighted by atomic mass is 10.2. The van der Waals surface area contributed by atoms with Crippen LogP contribution in [0.4, 0.5) is 0 Å². The third-order valence-electron chi connectivity index (χ3n) is 2.05. The van der Waals surface area contributed by atoms with Crippen molar-refractivity contribution in [3.8, 4) is 0 Å². The lowest BCUT2D eigenvalue weighted by Gasteiger charge is -2.02. The SMILES string of the molecule is NC(=S)c1ncn(Cc2ccccc2Cl)n1. The monoisotopic (exact) mass is 252 g/mol. The molecule has 0 radical (unpaired) electrons. The highest BCUT2D eigenvalue weighted by Gasteiger charge is 2.05. The first-order valence-electron chi connectivity index (χ1n) is 4.59. The Balaban J connectivity index is 2.21. The van der Waals surface area contributed by atoms with Crippen molar-refractivity contribution in [3.05, 3.63) is 47.0 Å². The van der Waals surface area contributed by atoms with Gasteiger partial charge >= 0.3 is 0 Å². The molecule has 1 heterocycles. The average molecular weight is 253 g/mol. The summed E-state index contributed by atoms with van der Waals surface area (Å²) in [7, 11) is 0. The van der Waals surface area contributed by atoms with E-state index in [4.69, 9.17) is 29.6 Å². The van der Waals surface area contributed by atoms with Gasteiger partial charge in [-0.1, -0.05) is 42.0 Å². The van der Waals surface area contributed by atoms with Crippen LogP contribution in [0.1, 0.15) is 11.4 Å². The van der Waals surface area contributed by atoms with E-state index in [2.05, 4.69) is 10.1 Å². The van der Waals surface area contributed by atoms with E-state index in [1.165, 1.54) is 0 Å². The summed E-state index contributed by atoms with van der Waals surface area (Å²) >= 11 is 10.8. The summed E-state index contributed by atoms with van der Waals surface area (Å²) in [6, 6.07) is 7.58. The third-order valence-corrected chi connectivity index (χ3v) is 2.60. The molecule has 0 aliphatic heterocycles. The molecular formula is C10H9ClN4S. The van der Waals surface area contributed by atoms with Gasteiger partial charge in [0.2, 0.25) is 5.82 Å². The lowest BCUT2D eigenvalue weighted by Crippen LogP contribution is -2.12. The van der Waals surface area contributed by atoms with Crippen LogP contribution in [0.5, 0.6) is 0 Å². The third kappa shape index (κ3) is 2.37. The molecule has 0 amide bonds. The first kappa shape index (κ1) is 11.0. The van der Waals surface area contributed by atoms with Crippen molar-refractivity contribution in [2.24, 2.45) is 5.73 Å². The van der Waals surface area contributed by atoms with Gasteiger partial charge in [-0.15, -0.1) is 5.10 Å². The minimum Gasteiger partial charge on any atom is -0.387 e. The number of nitrogens with two attached hydrogens (primary N) is 1. The number of halogens is 1. The van der Waals surface area contributed by atoms with Crippen LogP contribution in [0.3, 0.4) is 0 Å². The van der Waals surface area contributed by atoms with E-state index in [0.717, 1.165) is 5.56 Å². The molecule has 1 aromatic heterocycles. The highest BCUT2D eigenvalue weighted by atomic mass is 35.5. The first-order chi connectivity index (χ1) is 7.66. The van der Waals surface area contributed by atoms with E-state index >= 15 is 0 Å². The van der Waals surface area contributed by atoms with Gasteiger partial charge in [0.05, 0.1) is 6.54 Å². The van der Waals surface area contributed by atoms with Crippen LogP contribution in [-0.2, 0) is 6.54 Å². The molecule has 0 bridgehead atoms. The van der Waals surface area contributed by atoms with Gasteiger partial charge in [0.1, 0.15) is 11.3 Å². The summed E-state index contributed by atoms with van der Waals surface area (Å²) in [6.07, 6.45) is 1.58. The van der Waals surface area contributed by atoms with Crippen LogP contribution in [0.15, 0.2) is 30.6 Å². The van der Waals surface area contributed by atoms with Crippen molar-refractivity contribution < 1.29 is 0 Å². The maximum atomic E-state index is 6.03. The van der Waals surface area contributed by atoms with Gasteiger partial charge in [-0.25, -0.2) is 9.67 Å². The fourth-order valence-corrected chi connectivity index (χ4v) is 1.57. The van der Waals surface area contributed by atoms with Crippen molar-refractivity contribution in [1.82, 2.24) is 14.8 Å². The molecule has 82 valence electrons. The summed E-state index contributed by atoms with van der Waals surface area (Å²) in [5.41, 5.74) is 6.39. The Morgan fingerprint density at radius 2 is 2.19 bits per heavy atom. The van der Waals surface area contributed by atoms with E-state index in [9.17, 15) is 0 Å². The minimum atomic E-state index is 0.193. The second kappa shape index (κ2) is 4.59. The summed E-state index contributed by atoms with van der Waals surface area (Å²) in [5, 5.41) is 4.83. The molecule has 1 aromatic carbocycles. The van der Waals surface area contributed by atoms with E-state index in [1.807, 2.05) is 24.3 Å².